The maximum Gasteiger partial charge on any atom is 0.264 e. The molecule has 3 aromatic rings. The fourth-order valence-corrected chi connectivity index (χ4v) is 5.53. The molecule has 2 amide bonds. The number of amides is 2. The lowest BCUT2D eigenvalue weighted by atomic mass is 10.1. The Hall–Kier alpha value is -3.36. The SMILES string of the molecule is CC[C@H](C)NC(=O)[C@H](C)N(Cc1ccc(C)cc1)C(=O)CN(c1ccc(C)c(Cl)c1)S(=O)(=O)c1ccccc1. The number of nitrogens with one attached hydrogen (secondary N) is 1. The molecular formula is C30H36ClN3O4S. The fourth-order valence-electron chi connectivity index (χ4n) is 3.92. The van der Waals surface area contributed by atoms with Crippen molar-refractivity contribution in [2.45, 2.75) is 64.6 Å². The molecule has 0 fully saturated rings. The fraction of sp³-hybridized carbons (Fsp3) is 0.333. The van der Waals surface area contributed by atoms with Gasteiger partial charge in [0.1, 0.15) is 12.6 Å². The second kappa shape index (κ2) is 13.1. The number of carbonyl (C=O) groups is 2. The topological polar surface area (TPSA) is 86.8 Å². The Morgan fingerprint density at radius 2 is 1.59 bits per heavy atom. The minimum Gasteiger partial charge on any atom is -0.352 e. The van der Waals surface area contributed by atoms with E-state index < -0.39 is 28.5 Å². The van der Waals surface area contributed by atoms with E-state index in [4.69, 9.17) is 11.6 Å². The van der Waals surface area contributed by atoms with Crippen molar-refractivity contribution in [2.24, 2.45) is 0 Å². The summed E-state index contributed by atoms with van der Waals surface area (Å²) in [5.74, 6) is -0.820. The third kappa shape index (κ3) is 7.61. The molecule has 0 saturated heterocycles. The predicted octanol–water partition coefficient (Wildman–Crippen LogP) is 5.48. The van der Waals surface area contributed by atoms with Crippen LogP contribution in [0.2, 0.25) is 5.02 Å². The van der Waals surface area contributed by atoms with Crippen LogP contribution in [0.1, 0.15) is 43.9 Å². The predicted molar refractivity (Wildman–Crippen MR) is 156 cm³/mol. The van der Waals surface area contributed by atoms with Gasteiger partial charge in [0, 0.05) is 17.6 Å². The Balaban J connectivity index is 2.03. The zero-order valence-electron chi connectivity index (χ0n) is 23.0. The Morgan fingerprint density at radius 3 is 2.18 bits per heavy atom. The van der Waals surface area contributed by atoms with Crippen LogP contribution in [0.15, 0.2) is 77.7 Å². The van der Waals surface area contributed by atoms with Gasteiger partial charge >= 0.3 is 0 Å². The molecule has 7 nitrogen and oxygen atoms in total. The number of benzene rings is 3. The molecule has 9 heteroatoms. The number of halogens is 1. The van der Waals surface area contributed by atoms with E-state index in [0.717, 1.165) is 27.4 Å². The molecule has 0 saturated carbocycles. The molecule has 3 rings (SSSR count). The average Bonchev–Trinajstić information content (AvgIpc) is 2.92. The van der Waals surface area contributed by atoms with E-state index in [0.29, 0.717) is 5.02 Å². The van der Waals surface area contributed by atoms with Gasteiger partial charge in [-0.05, 0) is 69.5 Å². The number of hydrogen-bond donors (Lipinski definition) is 1. The van der Waals surface area contributed by atoms with Crippen LogP contribution in [0.25, 0.3) is 0 Å². The third-order valence-corrected chi connectivity index (χ3v) is 8.89. The molecule has 0 aromatic heterocycles. The molecule has 208 valence electrons. The molecule has 0 radical (unpaired) electrons. The van der Waals surface area contributed by atoms with Crippen LogP contribution in [-0.2, 0) is 26.2 Å². The third-order valence-electron chi connectivity index (χ3n) is 6.70. The van der Waals surface area contributed by atoms with Gasteiger partial charge in [-0.3, -0.25) is 13.9 Å². The first-order valence-electron chi connectivity index (χ1n) is 12.9. The van der Waals surface area contributed by atoms with Crippen molar-refractivity contribution >= 4 is 39.1 Å². The van der Waals surface area contributed by atoms with Crippen molar-refractivity contribution in [2.75, 3.05) is 10.8 Å². The quantitative estimate of drug-likeness (QED) is 0.331. The van der Waals surface area contributed by atoms with E-state index >= 15 is 0 Å². The van der Waals surface area contributed by atoms with Crippen LogP contribution in [0, 0.1) is 13.8 Å². The van der Waals surface area contributed by atoms with Crippen molar-refractivity contribution < 1.29 is 18.0 Å². The van der Waals surface area contributed by atoms with Crippen LogP contribution >= 0.6 is 11.6 Å². The van der Waals surface area contributed by atoms with Crippen molar-refractivity contribution in [3.8, 4) is 0 Å². The summed E-state index contributed by atoms with van der Waals surface area (Å²) in [5, 5.41) is 3.31. The lowest BCUT2D eigenvalue weighted by molar-refractivity contribution is -0.139. The Kier molecular flexibility index (Phi) is 10.2. The molecule has 0 unspecified atom stereocenters. The molecule has 0 aliphatic heterocycles. The van der Waals surface area contributed by atoms with E-state index in [2.05, 4.69) is 5.32 Å². The molecule has 2 atom stereocenters. The van der Waals surface area contributed by atoms with Crippen molar-refractivity contribution in [1.29, 1.82) is 0 Å². The molecule has 1 N–H and O–H groups in total. The molecule has 0 heterocycles. The minimum absolute atomic E-state index is 0.0437. The maximum atomic E-state index is 13.9. The van der Waals surface area contributed by atoms with E-state index in [1.807, 2.05) is 52.0 Å². The van der Waals surface area contributed by atoms with Gasteiger partial charge in [0.15, 0.2) is 0 Å². The number of rotatable bonds is 11. The highest BCUT2D eigenvalue weighted by Gasteiger charge is 2.33. The number of nitrogens with zero attached hydrogens (tertiary/aromatic N) is 2. The zero-order valence-corrected chi connectivity index (χ0v) is 24.6. The van der Waals surface area contributed by atoms with Gasteiger partial charge in [-0.15, -0.1) is 0 Å². The summed E-state index contributed by atoms with van der Waals surface area (Å²) in [4.78, 5) is 28.5. The van der Waals surface area contributed by atoms with E-state index in [9.17, 15) is 18.0 Å². The Morgan fingerprint density at radius 1 is 0.949 bits per heavy atom. The summed E-state index contributed by atoms with van der Waals surface area (Å²) in [5.41, 5.74) is 2.93. The van der Waals surface area contributed by atoms with Gasteiger partial charge in [-0.2, -0.15) is 0 Å². The van der Waals surface area contributed by atoms with Crippen LogP contribution < -0.4 is 9.62 Å². The maximum absolute atomic E-state index is 13.9. The standard InChI is InChI=1S/C30H36ClN3O4S/c1-6-23(4)32-30(36)24(5)33(19-25-15-12-21(2)13-16-25)29(35)20-34(26-17-14-22(3)28(31)18-26)39(37,38)27-10-8-7-9-11-27/h7-18,23-24H,6,19-20H2,1-5H3,(H,32,36)/t23-,24-/m0/s1. The minimum atomic E-state index is -4.13. The van der Waals surface area contributed by atoms with E-state index in [1.54, 1.807) is 37.3 Å². The summed E-state index contributed by atoms with van der Waals surface area (Å²) in [6.45, 7) is 8.92. The first-order valence-corrected chi connectivity index (χ1v) is 14.7. The van der Waals surface area contributed by atoms with Gasteiger partial charge in [-0.1, -0.05) is 72.6 Å². The smallest absolute Gasteiger partial charge is 0.264 e. The molecule has 0 bridgehead atoms. The molecule has 39 heavy (non-hydrogen) atoms. The highest BCUT2D eigenvalue weighted by atomic mass is 35.5. The second-order valence-corrected chi connectivity index (χ2v) is 12.0. The number of sulfonamides is 1. The highest BCUT2D eigenvalue weighted by Crippen LogP contribution is 2.28. The lowest BCUT2D eigenvalue weighted by Gasteiger charge is -2.32. The summed E-state index contributed by atoms with van der Waals surface area (Å²) in [7, 11) is -4.13. The molecule has 3 aromatic carbocycles. The Bertz CT molecular complexity index is 1400. The number of anilines is 1. The second-order valence-electron chi connectivity index (χ2n) is 9.76. The van der Waals surface area contributed by atoms with Gasteiger partial charge in [0.2, 0.25) is 11.8 Å². The first-order chi connectivity index (χ1) is 18.4. The molecular weight excluding hydrogens is 534 g/mol. The van der Waals surface area contributed by atoms with Gasteiger partial charge in [-0.25, -0.2) is 8.42 Å². The van der Waals surface area contributed by atoms with Crippen LogP contribution in [-0.4, -0.2) is 43.8 Å². The first kappa shape index (κ1) is 30.2. The normalized spacial score (nSPS) is 12.9. The van der Waals surface area contributed by atoms with Crippen molar-refractivity contribution in [1.82, 2.24) is 10.2 Å². The van der Waals surface area contributed by atoms with Crippen molar-refractivity contribution in [3.63, 3.8) is 0 Å². The molecule has 0 aliphatic rings. The van der Waals surface area contributed by atoms with E-state index in [-0.39, 0.29) is 29.1 Å². The zero-order chi connectivity index (χ0) is 28.7. The number of carbonyl (C=O) groups excluding carboxylic acids is 2. The van der Waals surface area contributed by atoms with Crippen LogP contribution in [0.5, 0.6) is 0 Å². The van der Waals surface area contributed by atoms with Crippen LogP contribution in [0.3, 0.4) is 0 Å². The largest absolute Gasteiger partial charge is 0.352 e. The van der Waals surface area contributed by atoms with Gasteiger partial charge in [0.25, 0.3) is 10.0 Å². The van der Waals surface area contributed by atoms with Gasteiger partial charge in [0.05, 0.1) is 10.6 Å². The Labute approximate surface area is 236 Å². The number of aryl methyl sites for hydroxylation is 2. The lowest BCUT2D eigenvalue weighted by Crippen LogP contribution is -2.52. The monoisotopic (exact) mass is 569 g/mol. The average molecular weight is 570 g/mol. The summed E-state index contributed by atoms with van der Waals surface area (Å²) >= 11 is 6.36. The number of hydrogen-bond acceptors (Lipinski definition) is 4. The summed E-state index contributed by atoms with van der Waals surface area (Å²) in [6, 6.07) is 19.6. The van der Waals surface area contributed by atoms with Gasteiger partial charge < -0.3 is 10.2 Å². The summed E-state index contributed by atoms with van der Waals surface area (Å²) in [6.07, 6.45) is 0.738. The van der Waals surface area contributed by atoms with E-state index in [1.165, 1.54) is 23.1 Å². The molecule has 0 spiro atoms. The van der Waals surface area contributed by atoms with Crippen molar-refractivity contribution in [3.05, 3.63) is 94.5 Å². The molecule has 0 aliphatic carbocycles. The summed E-state index contributed by atoms with van der Waals surface area (Å²) < 4.78 is 28.7. The highest BCUT2D eigenvalue weighted by molar-refractivity contribution is 7.92. The van der Waals surface area contributed by atoms with Crippen LogP contribution in [0.4, 0.5) is 5.69 Å².